The van der Waals surface area contributed by atoms with Gasteiger partial charge in [0.1, 0.15) is 11.1 Å². The van der Waals surface area contributed by atoms with E-state index in [1.165, 1.54) is 0 Å². The predicted molar refractivity (Wildman–Crippen MR) is 128 cm³/mol. The van der Waals surface area contributed by atoms with Crippen LogP contribution in [0.15, 0.2) is 72.8 Å². The van der Waals surface area contributed by atoms with Crippen LogP contribution in [0.25, 0.3) is 0 Å². The van der Waals surface area contributed by atoms with Crippen LogP contribution >= 0.6 is 23.4 Å². The molecule has 4 rings (SSSR count). The minimum atomic E-state index is -0.157. The van der Waals surface area contributed by atoms with E-state index in [-0.39, 0.29) is 17.2 Å². The number of rotatable bonds is 7. The fraction of sp³-hybridized carbons (Fsp3) is 0.200. The van der Waals surface area contributed by atoms with E-state index in [2.05, 4.69) is 5.32 Å². The summed E-state index contributed by atoms with van der Waals surface area (Å²) in [7, 11) is 1.61. The number of para-hydroxylation sites is 1. The molecule has 0 radical (unpaired) electrons. The van der Waals surface area contributed by atoms with Crippen molar-refractivity contribution in [3.8, 4) is 5.75 Å². The van der Waals surface area contributed by atoms with Crippen LogP contribution in [0.4, 0.5) is 0 Å². The third-order valence-corrected chi connectivity index (χ3v) is 6.83. The largest absolute Gasteiger partial charge is 0.496 e. The lowest BCUT2D eigenvalue weighted by Crippen LogP contribution is -2.27. The zero-order valence-corrected chi connectivity index (χ0v) is 19.2. The summed E-state index contributed by atoms with van der Waals surface area (Å²) in [6.45, 7) is 0.904. The molecule has 0 bridgehead atoms. The molecule has 5 nitrogen and oxygen atoms in total. The van der Waals surface area contributed by atoms with Crippen molar-refractivity contribution in [2.45, 2.75) is 18.5 Å². The molecular weight excluding hydrogens is 444 g/mol. The van der Waals surface area contributed by atoms with Crippen molar-refractivity contribution >= 4 is 35.2 Å². The fourth-order valence-corrected chi connectivity index (χ4v) is 4.93. The van der Waals surface area contributed by atoms with Crippen molar-refractivity contribution in [1.82, 2.24) is 10.2 Å². The smallest absolute Gasteiger partial charge is 0.251 e. The molecule has 1 heterocycles. The van der Waals surface area contributed by atoms with Crippen molar-refractivity contribution in [3.63, 3.8) is 0 Å². The summed E-state index contributed by atoms with van der Waals surface area (Å²) in [6.07, 6.45) is 0. The highest BCUT2D eigenvalue weighted by Gasteiger charge is 2.32. The van der Waals surface area contributed by atoms with Gasteiger partial charge in [-0.2, -0.15) is 0 Å². The second-order valence-electron chi connectivity index (χ2n) is 7.43. The number of ether oxygens (including phenoxy) is 1. The van der Waals surface area contributed by atoms with Gasteiger partial charge >= 0.3 is 0 Å². The lowest BCUT2D eigenvalue weighted by atomic mass is 10.1. The Morgan fingerprint density at radius 1 is 1.09 bits per heavy atom. The van der Waals surface area contributed by atoms with E-state index in [0.717, 1.165) is 22.4 Å². The maximum absolute atomic E-state index is 12.6. The van der Waals surface area contributed by atoms with Gasteiger partial charge < -0.3 is 15.0 Å². The van der Waals surface area contributed by atoms with Crippen molar-refractivity contribution in [3.05, 3.63) is 100 Å². The van der Waals surface area contributed by atoms with Crippen molar-refractivity contribution < 1.29 is 14.3 Å². The normalized spacial score (nSPS) is 15.6. The summed E-state index contributed by atoms with van der Waals surface area (Å²) in [6, 6.07) is 22.6. The predicted octanol–water partition coefficient (Wildman–Crippen LogP) is 5.05. The number of amides is 2. The Morgan fingerprint density at radius 2 is 1.81 bits per heavy atom. The summed E-state index contributed by atoms with van der Waals surface area (Å²) in [5.41, 5.74) is 3.51. The number of hydrogen-bond donors (Lipinski definition) is 1. The molecule has 0 aliphatic carbocycles. The number of hydrogen-bond acceptors (Lipinski definition) is 4. The molecule has 3 aromatic carbocycles. The molecule has 0 spiro atoms. The molecular formula is C25H23ClN2O3S. The van der Waals surface area contributed by atoms with Crippen LogP contribution in [-0.4, -0.2) is 29.6 Å². The molecule has 1 aliphatic heterocycles. The Bertz CT molecular complexity index is 1100. The van der Waals surface area contributed by atoms with Gasteiger partial charge in [0, 0.05) is 29.2 Å². The highest BCUT2D eigenvalue weighted by molar-refractivity contribution is 8.00. The first-order valence-corrected chi connectivity index (χ1v) is 11.6. The molecule has 3 aromatic rings. The summed E-state index contributed by atoms with van der Waals surface area (Å²) >= 11 is 7.57. The van der Waals surface area contributed by atoms with Gasteiger partial charge in [-0.1, -0.05) is 54.1 Å². The van der Waals surface area contributed by atoms with E-state index in [1.54, 1.807) is 31.0 Å². The Hall–Kier alpha value is -2.96. The van der Waals surface area contributed by atoms with Gasteiger partial charge in [-0.25, -0.2) is 0 Å². The maximum Gasteiger partial charge on any atom is 0.251 e. The van der Waals surface area contributed by atoms with Crippen LogP contribution in [0.1, 0.15) is 32.4 Å². The molecule has 1 aliphatic rings. The minimum absolute atomic E-state index is 0.0798. The number of nitrogens with one attached hydrogen (secondary N) is 1. The van der Waals surface area contributed by atoms with E-state index in [0.29, 0.717) is 29.4 Å². The molecule has 0 saturated carbocycles. The van der Waals surface area contributed by atoms with E-state index in [4.69, 9.17) is 16.3 Å². The van der Waals surface area contributed by atoms with Gasteiger partial charge in [0.15, 0.2) is 0 Å². The highest BCUT2D eigenvalue weighted by atomic mass is 35.5. The first-order valence-electron chi connectivity index (χ1n) is 10.2. The number of thioether (sulfide) groups is 1. The zero-order chi connectivity index (χ0) is 22.5. The highest BCUT2D eigenvalue weighted by Crippen LogP contribution is 2.39. The van der Waals surface area contributed by atoms with Crippen LogP contribution in [-0.2, 0) is 17.9 Å². The average Bonchev–Trinajstić information content (AvgIpc) is 3.19. The lowest BCUT2D eigenvalue weighted by Gasteiger charge is -2.24. The van der Waals surface area contributed by atoms with Gasteiger partial charge in [-0.15, -0.1) is 11.8 Å². The van der Waals surface area contributed by atoms with E-state index < -0.39 is 0 Å². The Morgan fingerprint density at radius 3 is 2.53 bits per heavy atom. The number of methoxy groups -OCH3 is 1. The first-order chi connectivity index (χ1) is 15.5. The number of halogens is 1. The van der Waals surface area contributed by atoms with Crippen LogP contribution < -0.4 is 10.1 Å². The second kappa shape index (κ2) is 10.1. The summed E-state index contributed by atoms with van der Waals surface area (Å²) in [5, 5.41) is 3.53. The van der Waals surface area contributed by atoms with Crippen molar-refractivity contribution in [2.75, 3.05) is 12.9 Å². The standard InChI is InChI=1S/C25H23ClN2O3S/c1-31-22-5-3-2-4-20(22)14-27-24(30)18-8-10-19(11-9-18)25-28(23(29)16-32-25)15-17-6-12-21(26)13-7-17/h2-13,25H,14-16H2,1H3,(H,27,30)/t25-/m0/s1. The molecule has 1 fully saturated rings. The van der Waals surface area contributed by atoms with Gasteiger partial charge in [0.25, 0.3) is 5.91 Å². The monoisotopic (exact) mass is 466 g/mol. The SMILES string of the molecule is COc1ccccc1CNC(=O)c1ccc([C@@H]2SCC(=O)N2Cc2ccc(Cl)cc2)cc1. The zero-order valence-electron chi connectivity index (χ0n) is 17.6. The molecule has 0 aromatic heterocycles. The molecule has 0 unspecified atom stereocenters. The van der Waals surface area contributed by atoms with Crippen LogP contribution in [0.2, 0.25) is 5.02 Å². The second-order valence-corrected chi connectivity index (χ2v) is 8.93. The van der Waals surface area contributed by atoms with Crippen molar-refractivity contribution in [2.24, 2.45) is 0 Å². The number of benzene rings is 3. The Balaban J connectivity index is 1.42. The van der Waals surface area contributed by atoms with Crippen molar-refractivity contribution in [1.29, 1.82) is 0 Å². The fourth-order valence-electron chi connectivity index (χ4n) is 3.61. The third kappa shape index (κ3) is 5.09. The quantitative estimate of drug-likeness (QED) is 0.529. The van der Waals surface area contributed by atoms with E-state index in [1.807, 2.05) is 65.6 Å². The van der Waals surface area contributed by atoms with Gasteiger partial charge in [0.2, 0.25) is 5.91 Å². The Kier molecular flexibility index (Phi) is 7.02. The summed E-state index contributed by atoms with van der Waals surface area (Å²) in [4.78, 5) is 26.9. The van der Waals surface area contributed by atoms with Gasteiger partial charge in [-0.3, -0.25) is 9.59 Å². The topological polar surface area (TPSA) is 58.6 Å². The number of nitrogens with zero attached hydrogens (tertiary/aromatic N) is 1. The lowest BCUT2D eigenvalue weighted by molar-refractivity contribution is -0.128. The molecule has 1 N–H and O–H groups in total. The number of carbonyl (C=O) groups is 2. The van der Waals surface area contributed by atoms with E-state index in [9.17, 15) is 9.59 Å². The Labute approximate surface area is 196 Å². The van der Waals surface area contributed by atoms with Crippen LogP contribution in [0.3, 0.4) is 0 Å². The first kappa shape index (κ1) is 22.2. The van der Waals surface area contributed by atoms with E-state index >= 15 is 0 Å². The molecule has 1 atom stereocenters. The van der Waals surface area contributed by atoms with Gasteiger partial charge in [0.05, 0.1) is 12.9 Å². The molecule has 2 amide bonds. The van der Waals surface area contributed by atoms with Crippen LogP contribution in [0.5, 0.6) is 5.75 Å². The van der Waals surface area contributed by atoms with Crippen LogP contribution in [0, 0.1) is 0 Å². The molecule has 32 heavy (non-hydrogen) atoms. The summed E-state index contributed by atoms with van der Waals surface area (Å²) < 4.78 is 5.33. The third-order valence-electron chi connectivity index (χ3n) is 5.32. The molecule has 164 valence electrons. The molecule has 7 heteroatoms. The molecule has 1 saturated heterocycles. The number of carbonyl (C=O) groups excluding carboxylic acids is 2. The minimum Gasteiger partial charge on any atom is -0.496 e. The summed E-state index contributed by atoms with van der Waals surface area (Å²) in [5.74, 6) is 1.13. The van der Waals surface area contributed by atoms with Gasteiger partial charge in [-0.05, 0) is 41.5 Å². The maximum atomic E-state index is 12.6. The average molecular weight is 467 g/mol.